The summed E-state index contributed by atoms with van der Waals surface area (Å²) in [4.78, 5) is 1.31. The predicted molar refractivity (Wildman–Crippen MR) is 74.2 cm³/mol. The minimum Gasteiger partial charge on any atom is -0.308 e. The molecule has 1 saturated heterocycles. The highest BCUT2D eigenvalue weighted by atomic mass is 79.9. The van der Waals surface area contributed by atoms with E-state index in [1.807, 2.05) is 0 Å². The molecule has 1 N–H and O–H groups in total. The Morgan fingerprint density at radius 2 is 2.47 bits per heavy atom. The van der Waals surface area contributed by atoms with Crippen molar-refractivity contribution in [1.82, 2.24) is 5.32 Å². The zero-order valence-corrected chi connectivity index (χ0v) is 12.2. The summed E-state index contributed by atoms with van der Waals surface area (Å²) in [6.07, 6.45) is 2.66. The number of hydrogen-bond donors (Lipinski definition) is 1. The van der Waals surface area contributed by atoms with Crippen molar-refractivity contribution >= 4 is 50.6 Å². The number of rotatable bonds is 3. The van der Waals surface area contributed by atoms with Crippen molar-refractivity contribution in [2.75, 3.05) is 11.5 Å². The van der Waals surface area contributed by atoms with E-state index in [-0.39, 0.29) is 0 Å². The molecule has 1 aromatic heterocycles. The Morgan fingerprint density at radius 3 is 3.07 bits per heavy atom. The summed E-state index contributed by atoms with van der Waals surface area (Å²) < 4.78 is 1.87. The van der Waals surface area contributed by atoms with Crippen LogP contribution in [-0.2, 0) is 6.54 Å². The van der Waals surface area contributed by atoms with Gasteiger partial charge in [-0.15, -0.1) is 11.3 Å². The third kappa shape index (κ3) is 3.63. The second-order valence-corrected chi connectivity index (χ2v) is 7.37. The summed E-state index contributed by atoms with van der Waals surface area (Å²) in [5.41, 5.74) is 0. The fraction of sp³-hybridized carbons (Fsp3) is 0.600. The Labute approximate surface area is 112 Å². The maximum atomic E-state index is 5.99. The van der Waals surface area contributed by atoms with E-state index in [0.29, 0.717) is 6.04 Å². The molecule has 0 radical (unpaired) electrons. The molecular formula is C10H13BrClNS2. The molecule has 0 amide bonds. The molecule has 0 aromatic carbocycles. The molecule has 5 heteroatoms. The number of thiophene rings is 1. The lowest BCUT2D eigenvalue weighted by Crippen LogP contribution is -2.32. The zero-order valence-electron chi connectivity index (χ0n) is 8.26. The fourth-order valence-corrected chi connectivity index (χ4v) is 4.47. The molecule has 1 nitrogen and oxygen atoms in total. The van der Waals surface area contributed by atoms with Gasteiger partial charge in [0.2, 0.25) is 0 Å². The maximum absolute atomic E-state index is 5.99. The normalized spacial score (nSPS) is 21.9. The van der Waals surface area contributed by atoms with Gasteiger partial charge in [-0.3, -0.25) is 0 Å². The zero-order chi connectivity index (χ0) is 10.7. The van der Waals surface area contributed by atoms with Crippen molar-refractivity contribution in [3.8, 4) is 0 Å². The molecule has 1 aromatic rings. The lowest BCUT2D eigenvalue weighted by molar-refractivity contribution is 0.510. The molecule has 15 heavy (non-hydrogen) atoms. The van der Waals surface area contributed by atoms with Gasteiger partial charge in [-0.2, -0.15) is 11.8 Å². The first-order chi connectivity index (χ1) is 7.25. The number of nitrogens with one attached hydrogen (secondary N) is 1. The molecule has 1 fully saturated rings. The summed E-state index contributed by atoms with van der Waals surface area (Å²) >= 11 is 13.1. The SMILES string of the molecule is Clc1sc(CNC2CCCSC2)cc1Br. The van der Waals surface area contributed by atoms with Crippen molar-refractivity contribution in [3.05, 3.63) is 19.8 Å². The molecule has 1 aliphatic heterocycles. The number of thioether (sulfide) groups is 1. The molecule has 1 aliphatic rings. The first-order valence-electron chi connectivity index (χ1n) is 5.00. The Hall–Kier alpha value is 0.780. The summed E-state index contributed by atoms with van der Waals surface area (Å²) in [7, 11) is 0. The van der Waals surface area contributed by atoms with Gasteiger partial charge >= 0.3 is 0 Å². The molecule has 0 bridgehead atoms. The van der Waals surface area contributed by atoms with Gasteiger partial charge in [-0.1, -0.05) is 11.6 Å². The average Bonchev–Trinajstić information content (AvgIpc) is 2.57. The minimum atomic E-state index is 0.684. The van der Waals surface area contributed by atoms with Gasteiger partial charge in [0.15, 0.2) is 0 Å². The van der Waals surface area contributed by atoms with Crippen molar-refractivity contribution in [2.24, 2.45) is 0 Å². The molecule has 0 saturated carbocycles. The van der Waals surface area contributed by atoms with Crippen LogP contribution in [0.1, 0.15) is 17.7 Å². The van der Waals surface area contributed by atoms with E-state index in [9.17, 15) is 0 Å². The van der Waals surface area contributed by atoms with Gasteiger partial charge in [-0.05, 0) is 40.6 Å². The first kappa shape index (κ1) is 12.2. The van der Waals surface area contributed by atoms with E-state index in [1.165, 1.54) is 29.2 Å². The Bertz CT molecular complexity index is 304. The van der Waals surface area contributed by atoms with Crippen LogP contribution in [0.15, 0.2) is 10.5 Å². The van der Waals surface area contributed by atoms with E-state index in [1.54, 1.807) is 11.3 Å². The third-order valence-corrected chi connectivity index (χ3v) is 6.11. The van der Waals surface area contributed by atoms with Crippen LogP contribution in [0, 0.1) is 0 Å². The van der Waals surface area contributed by atoms with Crippen LogP contribution in [-0.4, -0.2) is 17.5 Å². The van der Waals surface area contributed by atoms with E-state index >= 15 is 0 Å². The lowest BCUT2D eigenvalue weighted by Gasteiger charge is -2.22. The van der Waals surface area contributed by atoms with Crippen LogP contribution in [0.2, 0.25) is 4.34 Å². The molecular weight excluding hydrogens is 314 g/mol. The standard InChI is InChI=1S/C10H13BrClNS2/c11-9-4-8(15-10(9)12)5-13-7-2-1-3-14-6-7/h4,7,13H,1-3,5-6H2. The van der Waals surface area contributed by atoms with E-state index in [4.69, 9.17) is 11.6 Å². The molecule has 0 aliphatic carbocycles. The first-order valence-corrected chi connectivity index (χ1v) is 8.15. The maximum Gasteiger partial charge on any atom is 0.107 e. The second kappa shape index (κ2) is 5.92. The van der Waals surface area contributed by atoms with Crippen molar-refractivity contribution in [2.45, 2.75) is 25.4 Å². The number of hydrogen-bond acceptors (Lipinski definition) is 3. The minimum absolute atomic E-state index is 0.684. The molecule has 0 spiro atoms. The monoisotopic (exact) mass is 325 g/mol. The fourth-order valence-electron chi connectivity index (χ4n) is 1.63. The van der Waals surface area contributed by atoms with E-state index in [0.717, 1.165) is 15.4 Å². The van der Waals surface area contributed by atoms with Gasteiger partial charge in [-0.25, -0.2) is 0 Å². The largest absolute Gasteiger partial charge is 0.308 e. The van der Waals surface area contributed by atoms with Crippen LogP contribution < -0.4 is 5.32 Å². The summed E-state index contributed by atoms with van der Waals surface area (Å²) in [5.74, 6) is 2.58. The summed E-state index contributed by atoms with van der Waals surface area (Å²) in [5, 5.41) is 3.59. The second-order valence-electron chi connectivity index (χ2n) is 3.63. The third-order valence-electron chi connectivity index (χ3n) is 2.42. The van der Waals surface area contributed by atoms with Gasteiger partial charge in [0.05, 0.1) is 0 Å². The molecule has 2 heterocycles. The van der Waals surface area contributed by atoms with Gasteiger partial charge in [0.25, 0.3) is 0 Å². The van der Waals surface area contributed by atoms with E-state index in [2.05, 4.69) is 39.1 Å². The lowest BCUT2D eigenvalue weighted by atomic mass is 10.2. The van der Waals surface area contributed by atoms with Crippen LogP contribution in [0.3, 0.4) is 0 Å². The van der Waals surface area contributed by atoms with Gasteiger partial charge in [0.1, 0.15) is 4.34 Å². The number of halogens is 2. The van der Waals surface area contributed by atoms with Crippen molar-refractivity contribution in [1.29, 1.82) is 0 Å². The predicted octanol–water partition coefficient (Wildman–Crippen LogP) is 4.15. The highest BCUT2D eigenvalue weighted by Gasteiger charge is 2.13. The molecule has 2 rings (SSSR count). The Balaban J connectivity index is 1.81. The van der Waals surface area contributed by atoms with Crippen molar-refractivity contribution in [3.63, 3.8) is 0 Å². The highest BCUT2D eigenvalue weighted by Crippen LogP contribution is 2.32. The highest BCUT2D eigenvalue weighted by molar-refractivity contribution is 9.10. The summed E-state index contributed by atoms with van der Waals surface area (Å²) in [6, 6.07) is 2.79. The van der Waals surface area contributed by atoms with Gasteiger partial charge in [0, 0.05) is 27.7 Å². The van der Waals surface area contributed by atoms with Crippen molar-refractivity contribution < 1.29 is 0 Å². The Kier molecular flexibility index (Phi) is 4.83. The Morgan fingerprint density at radius 1 is 1.60 bits per heavy atom. The van der Waals surface area contributed by atoms with Gasteiger partial charge < -0.3 is 5.32 Å². The van der Waals surface area contributed by atoms with Crippen LogP contribution in [0.25, 0.3) is 0 Å². The summed E-state index contributed by atoms with van der Waals surface area (Å²) in [6.45, 7) is 0.946. The molecule has 84 valence electrons. The molecule has 1 unspecified atom stereocenters. The smallest absolute Gasteiger partial charge is 0.107 e. The van der Waals surface area contributed by atoms with Crippen LogP contribution in [0.4, 0.5) is 0 Å². The van der Waals surface area contributed by atoms with E-state index < -0.39 is 0 Å². The quantitative estimate of drug-likeness (QED) is 0.895. The van der Waals surface area contributed by atoms with Crippen LogP contribution in [0.5, 0.6) is 0 Å². The topological polar surface area (TPSA) is 12.0 Å². The molecule has 1 atom stereocenters. The average molecular weight is 327 g/mol. The van der Waals surface area contributed by atoms with Crippen LogP contribution >= 0.6 is 50.6 Å².